The third kappa shape index (κ3) is 2.74. The molecule has 5 nitrogen and oxygen atoms in total. The number of benzene rings is 1. The summed E-state index contributed by atoms with van der Waals surface area (Å²) < 4.78 is 27.4. The molecule has 1 aliphatic rings. The first-order valence-corrected chi connectivity index (χ1v) is 8.14. The van der Waals surface area contributed by atoms with Crippen LogP contribution >= 0.6 is 23.2 Å². The zero-order valence-corrected chi connectivity index (χ0v) is 12.9. The number of nitrogens with zero attached hydrogens (tertiary/aromatic N) is 3. The molecular weight excluding hydrogens is 333 g/mol. The molecule has 2 heterocycles. The number of aromatic nitrogens is 1. The number of anilines is 1. The average molecular weight is 342 g/mol. The van der Waals surface area contributed by atoms with Crippen molar-refractivity contribution in [3.8, 4) is 0 Å². The second-order valence-electron chi connectivity index (χ2n) is 4.38. The molecule has 0 amide bonds. The SMILES string of the molecule is O=S1(=O)N=CN(Cc2ccc(Cl)nc2Cl)c2ccccc21. The van der Waals surface area contributed by atoms with E-state index in [1.54, 1.807) is 35.2 Å². The lowest BCUT2D eigenvalue weighted by molar-refractivity contribution is 0.597. The summed E-state index contributed by atoms with van der Waals surface area (Å²) in [6.07, 6.45) is 1.28. The van der Waals surface area contributed by atoms with E-state index < -0.39 is 10.0 Å². The van der Waals surface area contributed by atoms with E-state index in [9.17, 15) is 8.42 Å². The summed E-state index contributed by atoms with van der Waals surface area (Å²) in [5, 5.41) is 0.584. The van der Waals surface area contributed by atoms with Gasteiger partial charge in [0, 0.05) is 5.56 Å². The highest BCUT2D eigenvalue weighted by molar-refractivity contribution is 7.90. The van der Waals surface area contributed by atoms with E-state index in [2.05, 4.69) is 9.38 Å². The molecule has 0 fully saturated rings. The van der Waals surface area contributed by atoms with Gasteiger partial charge < -0.3 is 4.90 Å². The van der Waals surface area contributed by atoms with E-state index in [1.807, 2.05) is 0 Å². The molecular formula is C13H9Cl2N3O2S. The molecule has 0 radical (unpaired) electrons. The maximum absolute atomic E-state index is 11.9. The molecule has 0 spiro atoms. The molecule has 3 rings (SSSR count). The lowest BCUT2D eigenvalue weighted by Crippen LogP contribution is -2.26. The Labute approximate surface area is 131 Å². The predicted molar refractivity (Wildman–Crippen MR) is 82.6 cm³/mol. The van der Waals surface area contributed by atoms with Gasteiger partial charge in [-0.2, -0.15) is 8.42 Å². The molecule has 21 heavy (non-hydrogen) atoms. The minimum atomic E-state index is -3.63. The molecule has 2 aromatic rings. The number of para-hydroxylation sites is 1. The van der Waals surface area contributed by atoms with Crippen LogP contribution in [0.5, 0.6) is 0 Å². The number of hydrogen-bond acceptors (Lipinski definition) is 4. The Hall–Kier alpha value is -1.63. The van der Waals surface area contributed by atoms with Crippen molar-refractivity contribution >= 4 is 45.3 Å². The second-order valence-corrected chi connectivity index (χ2v) is 6.72. The van der Waals surface area contributed by atoms with Crippen LogP contribution < -0.4 is 4.90 Å². The van der Waals surface area contributed by atoms with Gasteiger partial charge in [-0.1, -0.05) is 41.4 Å². The van der Waals surface area contributed by atoms with Gasteiger partial charge in [-0.15, -0.1) is 4.40 Å². The number of pyridine rings is 1. The van der Waals surface area contributed by atoms with Gasteiger partial charge in [0.25, 0.3) is 10.0 Å². The Morgan fingerprint density at radius 1 is 1.10 bits per heavy atom. The Morgan fingerprint density at radius 2 is 1.86 bits per heavy atom. The standard InChI is InChI=1S/C13H9Cl2N3O2S/c14-12-6-5-9(13(15)17-12)7-18-8-16-21(19,20)11-4-2-1-3-10(11)18/h1-6,8H,7H2. The van der Waals surface area contributed by atoms with Gasteiger partial charge in [0.05, 0.1) is 12.2 Å². The van der Waals surface area contributed by atoms with Crippen molar-refractivity contribution in [2.45, 2.75) is 11.4 Å². The Morgan fingerprint density at radius 3 is 2.62 bits per heavy atom. The largest absolute Gasteiger partial charge is 0.326 e. The van der Waals surface area contributed by atoms with E-state index in [-0.39, 0.29) is 10.0 Å². The maximum Gasteiger partial charge on any atom is 0.285 e. The van der Waals surface area contributed by atoms with Crippen LogP contribution in [0.1, 0.15) is 5.56 Å². The highest BCUT2D eigenvalue weighted by Gasteiger charge is 2.25. The van der Waals surface area contributed by atoms with Gasteiger partial charge in [-0.05, 0) is 18.2 Å². The first-order valence-electron chi connectivity index (χ1n) is 5.94. The fourth-order valence-corrected chi connectivity index (χ4v) is 3.48. The molecule has 0 saturated carbocycles. The molecule has 108 valence electrons. The topological polar surface area (TPSA) is 62.6 Å². The predicted octanol–water partition coefficient (Wildman–Crippen LogP) is 3.13. The number of fused-ring (bicyclic) bond motifs is 1. The van der Waals surface area contributed by atoms with E-state index >= 15 is 0 Å². The smallest absolute Gasteiger partial charge is 0.285 e. The molecule has 0 N–H and O–H groups in total. The molecule has 0 atom stereocenters. The Balaban J connectivity index is 2.01. The summed E-state index contributed by atoms with van der Waals surface area (Å²) in [5.41, 5.74) is 1.28. The summed E-state index contributed by atoms with van der Waals surface area (Å²) >= 11 is 11.8. The van der Waals surface area contributed by atoms with Gasteiger partial charge in [0.1, 0.15) is 21.5 Å². The highest BCUT2D eigenvalue weighted by atomic mass is 35.5. The highest BCUT2D eigenvalue weighted by Crippen LogP contribution is 2.31. The summed E-state index contributed by atoms with van der Waals surface area (Å²) in [4.78, 5) is 5.84. The monoisotopic (exact) mass is 341 g/mol. The van der Waals surface area contributed by atoms with Crippen molar-refractivity contribution in [1.29, 1.82) is 0 Å². The van der Waals surface area contributed by atoms with Gasteiger partial charge in [-0.3, -0.25) is 0 Å². The molecule has 0 bridgehead atoms. The quantitative estimate of drug-likeness (QED) is 0.787. The normalized spacial score (nSPS) is 15.8. The lowest BCUT2D eigenvalue weighted by atomic mass is 10.2. The van der Waals surface area contributed by atoms with Crippen molar-refractivity contribution in [2.75, 3.05) is 4.90 Å². The molecule has 0 unspecified atom stereocenters. The summed E-state index contributed by atoms with van der Waals surface area (Å²) in [6, 6.07) is 10.0. The molecule has 0 saturated heterocycles. The number of halogens is 2. The maximum atomic E-state index is 11.9. The zero-order valence-electron chi connectivity index (χ0n) is 10.6. The third-order valence-corrected chi connectivity index (χ3v) is 4.82. The van der Waals surface area contributed by atoms with E-state index in [0.29, 0.717) is 17.4 Å². The molecule has 1 aliphatic heterocycles. The fourth-order valence-electron chi connectivity index (χ4n) is 2.02. The van der Waals surface area contributed by atoms with Crippen LogP contribution in [0.15, 0.2) is 45.7 Å². The van der Waals surface area contributed by atoms with Crippen LogP contribution in [0.3, 0.4) is 0 Å². The van der Waals surface area contributed by atoms with Crippen LogP contribution in [-0.2, 0) is 16.6 Å². The Kier molecular flexibility index (Phi) is 3.61. The fraction of sp³-hybridized carbons (Fsp3) is 0.0769. The molecule has 1 aromatic carbocycles. The van der Waals surface area contributed by atoms with Crippen LogP contribution in [0.25, 0.3) is 0 Å². The zero-order chi connectivity index (χ0) is 15.0. The summed E-state index contributed by atoms with van der Waals surface area (Å²) in [7, 11) is -3.63. The third-order valence-electron chi connectivity index (χ3n) is 3.01. The molecule has 8 heteroatoms. The Bertz CT molecular complexity index is 837. The first kappa shape index (κ1) is 14.3. The van der Waals surface area contributed by atoms with Gasteiger partial charge >= 0.3 is 0 Å². The summed E-state index contributed by atoms with van der Waals surface area (Å²) in [5.74, 6) is 0. The van der Waals surface area contributed by atoms with Crippen LogP contribution in [0.4, 0.5) is 5.69 Å². The second kappa shape index (κ2) is 5.29. The van der Waals surface area contributed by atoms with Crippen molar-refractivity contribution in [3.63, 3.8) is 0 Å². The lowest BCUT2D eigenvalue weighted by Gasteiger charge is -2.25. The number of hydrogen-bond donors (Lipinski definition) is 0. The average Bonchev–Trinajstić information content (AvgIpc) is 2.45. The van der Waals surface area contributed by atoms with E-state index in [0.717, 1.165) is 5.56 Å². The number of sulfonamides is 1. The minimum Gasteiger partial charge on any atom is -0.326 e. The van der Waals surface area contributed by atoms with Gasteiger partial charge in [0.15, 0.2) is 0 Å². The van der Waals surface area contributed by atoms with E-state index in [1.165, 1.54) is 12.4 Å². The van der Waals surface area contributed by atoms with Crippen LogP contribution in [-0.4, -0.2) is 19.7 Å². The molecule has 1 aromatic heterocycles. The van der Waals surface area contributed by atoms with Gasteiger partial charge in [0.2, 0.25) is 0 Å². The van der Waals surface area contributed by atoms with E-state index in [4.69, 9.17) is 23.2 Å². The van der Waals surface area contributed by atoms with Crippen molar-refractivity contribution < 1.29 is 8.42 Å². The van der Waals surface area contributed by atoms with Crippen LogP contribution in [0.2, 0.25) is 10.3 Å². The van der Waals surface area contributed by atoms with Crippen molar-refractivity contribution in [3.05, 3.63) is 52.3 Å². The van der Waals surface area contributed by atoms with Crippen molar-refractivity contribution in [2.24, 2.45) is 4.40 Å². The first-order chi connectivity index (χ1) is 9.97. The van der Waals surface area contributed by atoms with Crippen LogP contribution in [0, 0.1) is 0 Å². The van der Waals surface area contributed by atoms with Crippen molar-refractivity contribution in [1.82, 2.24) is 4.98 Å². The number of rotatable bonds is 2. The molecule has 0 aliphatic carbocycles. The van der Waals surface area contributed by atoms with Gasteiger partial charge in [-0.25, -0.2) is 4.98 Å². The minimum absolute atomic E-state index is 0.172. The summed E-state index contributed by atoms with van der Waals surface area (Å²) in [6.45, 7) is 0.346.